The molecule has 8 nitrogen and oxygen atoms in total. The molecule has 2 N–H and O–H groups in total. The number of aliphatic carboxylic acids is 1. The topological polar surface area (TPSA) is 111 Å². The van der Waals surface area contributed by atoms with Crippen molar-refractivity contribution in [3.05, 3.63) is 102 Å². The fourth-order valence-corrected chi connectivity index (χ4v) is 4.28. The van der Waals surface area contributed by atoms with Crippen molar-refractivity contribution >= 4 is 18.0 Å². The highest BCUT2D eigenvalue weighted by molar-refractivity contribution is 5.81. The van der Waals surface area contributed by atoms with Crippen LogP contribution in [0.15, 0.2) is 85.5 Å². The fraction of sp³-hybridized carbons (Fsp3) is 0.207. The smallest absolute Gasteiger partial charge is 0.407 e. The van der Waals surface area contributed by atoms with Gasteiger partial charge in [0.1, 0.15) is 25.0 Å². The maximum atomic E-state index is 12.5. The van der Waals surface area contributed by atoms with Crippen LogP contribution in [-0.2, 0) is 25.5 Å². The second-order valence-corrected chi connectivity index (χ2v) is 8.47. The zero-order chi connectivity index (χ0) is 26.2. The molecule has 8 heteroatoms. The minimum absolute atomic E-state index is 0.0428. The Morgan fingerprint density at radius 1 is 0.919 bits per heavy atom. The van der Waals surface area contributed by atoms with Gasteiger partial charge in [-0.2, -0.15) is 0 Å². The number of fused-ring (bicyclic) bond motifs is 3. The molecule has 0 saturated carbocycles. The lowest BCUT2D eigenvalue weighted by molar-refractivity contribution is -0.144. The van der Waals surface area contributed by atoms with Crippen molar-refractivity contribution < 1.29 is 33.7 Å². The van der Waals surface area contributed by atoms with E-state index in [0.29, 0.717) is 11.3 Å². The van der Waals surface area contributed by atoms with Crippen LogP contribution < -0.4 is 10.1 Å². The van der Waals surface area contributed by atoms with Crippen molar-refractivity contribution in [3.8, 4) is 16.9 Å². The average molecular weight is 502 g/mol. The second kappa shape index (κ2) is 11.9. The molecule has 0 bridgehead atoms. The summed E-state index contributed by atoms with van der Waals surface area (Å²) in [6.07, 6.45) is 0.704. The molecule has 1 aliphatic rings. The van der Waals surface area contributed by atoms with E-state index in [1.807, 2.05) is 48.5 Å². The molecule has 0 aliphatic heterocycles. The van der Waals surface area contributed by atoms with Gasteiger partial charge in [0.25, 0.3) is 0 Å². The van der Waals surface area contributed by atoms with Gasteiger partial charge >= 0.3 is 18.0 Å². The molecule has 4 rings (SSSR count). The molecule has 0 radical (unpaired) electrons. The first-order valence-electron chi connectivity index (χ1n) is 11.8. The maximum Gasteiger partial charge on any atom is 0.407 e. The van der Waals surface area contributed by atoms with Gasteiger partial charge in [-0.3, -0.25) is 0 Å². The van der Waals surface area contributed by atoms with Crippen molar-refractivity contribution in [3.63, 3.8) is 0 Å². The first-order chi connectivity index (χ1) is 18.0. The summed E-state index contributed by atoms with van der Waals surface area (Å²) in [7, 11) is 0. The highest BCUT2D eigenvalue weighted by Crippen LogP contribution is 2.44. The normalized spacial score (nSPS) is 12.5. The Morgan fingerprint density at radius 2 is 1.54 bits per heavy atom. The van der Waals surface area contributed by atoms with Crippen LogP contribution >= 0.6 is 0 Å². The third-order valence-corrected chi connectivity index (χ3v) is 6.02. The highest BCUT2D eigenvalue weighted by Gasteiger charge is 2.29. The molecule has 1 amide bonds. The molecule has 0 spiro atoms. The lowest BCUT2D eigenvalue weighted by Gasteiger charge is -2.17. The van der Waals surface area contributed by atoms with Gasteiger partial charge in [-0.25, -0.2) is 14.4 Å². The number of nitrogens with one attached hydrogen (secondary N) is 1. The Hall–Kier alpha value is -4.59. The van der Waals surface area contributed by atoms with Crippen LogP contribution in [0.2, 0.25) is 0 Å². The van der Waals surface area contributed by atoms with Gasteiger partial charge in [0.15, 0.2) is 6.61 Å². The van der Waals surface area contributed by atoms with E-state index < -0.39 is 24.1 Å². The number of amides is 1. The molecule has 3 aromatic carbocycles. The van der Waals surface area contributed by atoms with E-state index in [0.717, 1.165) is 22.3 Å². The van der Waals surface area contributed by atoms with Crippen LogP contribution in [0, 0.1) is 0 Å². The van der Waals surface area contributed by atoms with Crippen LogP contribution in [0.25, 0.3) is 11.1 Å². The predicted molar refractivity (Wildman–Crippen MR) is 136 cm³/mol. The summed E-state index contributed by atoms with van der Waals surface area (Å²) in [4.78, 5) is 35.9. The van der Waals surface area contributed by atoms with Crippen LogP contribution in [-0.4, -0.2) is 49.0 Å². The van der Waals surface area contributed by atoms with Gasteiger partial charge < -0.3 is 24.6 Å². The molecule has 0 aromatic heterocycles. The Labute approximate surface area is 214 Å². The van der Waals surface area contributed by atoms with Crippen molar-refractivity contribution in [2.24, 2.45) is 0 Å². The molecule has 190 valence electrons. The largest absolute Gasteiger partial charge is 0.482 e. The first-order valence-corrected chi connectivity index (χ1v) is 11.8. The van der Waals surface area contributed by atoms with Crippen molar-refractivity contribution in [1.29, 1.82) is 0 Å². The molecule has 37 heavy (non-hydrogen) atoms. The number of carbonyl (C=O) groups is 3. The molecular weight excluding hydrogens is 474 g/mol. The number of carboxylic acids is 1. The fourth-order valence-electron chi connectivity index (χ4n) is 4.28. The Balaban J connectivity index is 1.32. The van der Waals surface area contributed by atoms with Crippen molar-refractivity contribution in [2.75, 3.05) is 19.8 Å². The van der Waals surface area contributed by atoms with E-state index in [2.05, 4.69) is 11.9 Å². The number of carbonyl (C=O) groups excluding carboxylic acids is 2. The SMILES string of the molecule is C=CCOC(=O)COc1ccc(C[C@H](NC(=O)OCC2c3ccccc3-c3ccccc32)C(=O)O)cc1. The quantitative estimate of drug-likeness (QED) is 0.297. The molecule has 1 atom stereocenters. The van der Waals surface area contributed by atoms with Gasteiger partial charge in [-0.1, -0.05) is 73.3 Å². The number of benzene rings is 3. The van der Waals surface area contributed by atoms with E-state index in [4.69, 9.17) is 14.2 Å². The molecule has 0 heterocycles. The van der Waals surface area contributed by atoms with Gasteiger partial charge in [-0.05, 0) is 39.9 Å². The molecule has 0 fully saturated rings. The predicted octanol–water partition coefficient (Wildman–Crippen LogP) is 4.33. The molecule has 3 aromatic rings. The zero-order valence-electron chi connectivity index (χ0n) is 20.1. The number of esters is 1. The Kier molecular flexibility index (Phi) is 8.20. The summed E-state index contributed by atoms with van der Waals surface area (Å²) in [6, 6.07) is 21.3. The van der Waals surface area contributed by atoms with Crippen LogP contribution in [0.1, 0.15) is 22.6 Å². The summed E-state index contributed by atoms with van der Waals surface area (Å²) in [5.41, 5.74) is 5.02. The van der Waals surface area contributed by atoms with Crippen molar-refractivity contribution in [1.82, 2.24) is 5.32 Å². The van der Waals surface area contributed by atoms with Gasteiger partial charge in [0.05, 0.1) is 0 Å². The number of hydrogen-bond donors (Lipinski definition) is 2. The number of alkyl carbamates (subject to hydrolysis) is 1. The van der Waals surface area contributed by atoms with E-state index in [1.54, 1.807) is 24.3 Å². The first kappa shape index (κ1) is 25.5. The number of ether oxygens (including phenoxy) is 3. The average Bonchev–Trinajstić information content (AvgIpc) is 3.23. The minimum Gasteiger partial charge on any atom is -0.482 e. The van der Waals surface area contributed by atoms with Crippen LogP contribution in [0.5, 0.6) is 5.75 Å². The van der Waals surface area contributed by atoms with E-state index >= 15 is 0 Å². The summed E-state index contributed by atoms with van der Waals surface area (Å²) in [5, 5.41) is 12.1. The number of hydrogen-bond acceptors (Lipinski definition) is 6. The van der Waals surface area contributed by atoms with E-state index in [1.165, 1.54) is 6.08 Å². The van der Waals surface area contributed by atoms with E-state index in [9.17, 15) is 19.5 Å². The summed E-state index contributed by atoms with van der Waals surface area (Å²) >= 11 is 0. The minimum atomic E-state index is -1.18. The standard InChI is InChI=1S/C29H27NO7/c1-2-15-35-27(31)18-36-20-13-11-19(12-14-20)16-26(28(32)33)30-29(34)37-17-25-23-9-5-3-7-21(23)22-8-4-6-10-24(22)25/h2-14,25-26H,1,15-18H2,(H,30,34)(H,32,33)/t26-/m0/s1. The lowest BCUT2D eigenvalue weighted by Crippen LogP contribution is -2.42. The monoisotopic (exact) mass is 501 g/mol. The van der Waals surface area contributed by atoms with Gasteiger partial charge in [-0.15, -0.1) is 0 Å². The molecule has 0 unspecified atom stereocenters. The maximum absolute atomic E-state index is 12.5. The van der Waals surface area contributed by atoms with E-state index in [-0.39, 0.29) is 32.2 Å². The summed E-state index contributed by atoms with van der Waals surface area (Å²) in [5.74, 6) is -1.40. The van der Waals surface area contributed by atoms with Gasteiger partial charge in [0.2, 0.25) is 0 Å². The van der Waals surface area contributed by atoms with Crippen molar-refractivity contribution in [2.45, 2.75) is 18.4 Å². The molecule has 0 saturated heterocycles. The number of rotatable bonds is 11. The summed E-state index contributed by atoms with van der Waals surface area (Å²) in [6.45, 7) is 3.41. The third-order valence-electron chi connectivity index (χ3n) is 6.02. The number of carboxylic acid groups (broad SMARTS) is 1. The second-order valence-electron chi connectivity index (χ2n) is 8.47. The van der Waals surface area contributed by atoms with Gasteiger partial charge in [0, 0.05) is 12.3 Å². The lowest BCUT2D eigenvalue weighted by atomic mass is 9.98. The Bertz CT molecular complexity index is 1240. The summed E-state index contributed by atoms with van der Waals surface area (Å²) < 4.78 is 15.7. The molecule has 1 aliphatic carbocycles. The Morgan fingerprint density at radius 3 is 2.14 bits per heavy atom. The molecular formula is C29H27NO7. The third kappa shape index (κ3) is 6.35. The van der Waals surface area contributed by atoms with Crippen LogP contribution in [0.4, 0.5) is 4.79 Å². The van der Waals surface area contributed by atoms with Crippen LogP contribution in [0.3, 0.4) is 0 Å². The zero-order valence-corrected chi connectivity index (χ0v) is 20.1. The highest BCUT2D eigenvalue weighted by atomic mass is 16.6.